The van der Waals surface area contributed by atoms with Crippen LogP contribution in [0, 0.1) is 7.14 Å². The van der Waals surface area contributed by atoms with Crippen molar-refractivity contribution >= 4 is 57.3 Å². The van der Waals surface area contributed by atoms with E-state index in [1.807, 2.05) is 0 Å². The largest absolute Gasteiger partial charge is 1.00 e. The van der Waals surface area contributed by atoms with Gasteiger partial charge in [0.2, 0.25) is 0 Å². The molecule has 0 radical (unpaired) electrons. The smallest absolute Gasteiger partial charge is 1.00 e. The first-order valence-electron chi connectivity index (χ1n) is 11.3. The molecule has 2 aliphatic carbocycles. The summed E-state index contributed by atoms with van der Waals surface area (Å²) in [5.74, 6) is 2.65. The minimum absolute atomic E-state index is 0. The molecule has 36 heavy (non-hydrogen) atoms. The summed E-state index contributed by atoms with van der Waals surface area (Å²) in [5.41, 5.74) is 8.39. The third-order valence-electron chi connectivity index (χ3n) is 6.93. The summed E-state index contributed by atoms with van der Waals surface area (Å²) in [6.45, 7) is 0. The van der Waals surface area contributed by atoms with Crippen LogP contribution in [0.3, 0.4) is 0 Å². The molecule has 6 bridgehead atoms. The van der Waals surface area contributed by atoms with Crippen molar-refractivity contribution in [3.63, 3.8) is 0 Å². The van der Waals surface area contributed by atoms with Crippen LogP contribution in [0.2, 0.25) is 0 Å². The van der Waals surface area contributed by atoms with Gasteiger partial charge in [0.05, 0.1) is 0 Å². The van der Waals surface area contributed by atoms with Crippen molar-refractivity contribution < 1.29 is 52.8 Å². The maximum Gasteiger partial charge on any atom is -1.00 e. The van der Waals surface area contributed by atoms with Gasteiger partial charge >= 0.3 is 241 Å². The molecule has 0 saturated carbocycles. The first-order chi connectivity index (χ1) is 16.7. The van der Waals surface area contributed by atoms with E-state index in [2.05, 4.69) is 142 Å². The molecule has 1 nitrogen and oxygen atoms in total. The van der Waals surface area contributed by atoms with Crippen LogP contribution in [-0.4, -0.2) is 0 Å². The number of halogens is 4. The van der Waals surface area contributed by atoms with Gasteiger partial charge in [0, 0.05) is 0 Å². The van der Waals surface area contributed by atoms with E-state index in [9.17, 15) is 0 Å². The van der Waals surface area contributed by atoms with E-state index in [-0.39, 0.29) is 24.8 Å². The zero-order valence-corrected chi connectivity index (χ0v) is 27.1. The third kappa shape index (κ3) is 4.39. The molecule has 0 saturated heterocycles. The van der Waals surface area contributed by atoms with Gasteiger partial charge in [-0.1, -0.05) is 0 Å². The zero-order chi connectivity index (χ0) is 22.8. The average Bonchev–Trinajstić information content (AvgIpc) is 3.42. The Morgan fingerprint density at radius 3 is 2.17 bits per heavy atom. The maximum atomic E-state index is 6.33. The van der Waals surface area contributed by atoms with E-state index in [1.165, 1.54) is 40.5 Å². The van der Waals surface area contributed by atoms with E-state index in [4.69, 9.17) is 4.74 Å². The van der Waals surface area contributed by atoms with Crippen LogP contribution in [0.1, 0.15) is 45.2 Å². The van der Waals surface area contributed by atoms with Gasteiger partial charge in [-0.3, -0.25) is 0 Å². The molecule has 3 aliphatic rings. The average molecular weight is 810 g/mol. The molecule has 2 atom stereocenters. The topological polar surface area (TPSA) is 9.23 Å². The minimum Gasteiger partial charge on any atom is -1.00 e. The van der Waals surface area contributed by atoms with Crippen LogP contribution < -0.4 is 29.6 Å². The molecule has 0 aromatic heterocycles. The molecule has 7 rings (SSSR count). The SMILES string of the molecule is Ic1cccc2c1C(c1ccccc1)[C]([Zr+2][C]1=Cc3c4ccc(I)c3C1c1cccc(c1)O4)=C2.[Cl-].[Cl-]. The molecule has 2 unspecified atom stereocenters. The monoisotopic (exact) mass is 808 g/mol. The summed E-state index contributed by atoms with van der Waals surface area (Å²) in [5, 5.41) is 0. The molecule has 0 N–H and O–H groups in total. The number of ether oxygens (including phenoxy) is 1. The first kappa shape index (κ1) is 26.7. The number of hydrogen-bond donors (Lipinski definition) is 0. The summed E-state index contributed by atoms with van der Waals surface area (Å²) in [7, 11) is 0. The Bertz CT molecular complexity index is 1550. The molecular weight excluding hydrogens is 792 g/mol. The number of fused-ring (bicyclic) bond motifs is 4. The normalized spacial score (nSPS) is 17.7. The van der Waals surface area contributed by atoms with Crippen LogP contribution in [0.25, 0.3) is 12.2 Å². The molecule has 176 valence electrons. The van der Waals surface area contributed by atoms with E-state index < -0.39 is 23.2 Å². The number of hydrogen-bond acceptors (Lipinski definition) is 1. The quantitative estimate of drug-likeness (QED) is 0.290. The van der Waals surface area contributed by atoms with Crippen LogP contribution in [0.15, 0.2) is 91.5 Å². The zero-order valence-electron chi connectivity index (χ0n) is 18.8. The van der Waals surface area contributed by atoms with Crippen LogP contribution in [0.4, 0.5) is 0 Å². The van der Waals surface area contributed by atoms with Gasteiger partial charge in [-0.2, -0.15) is 0 Å². The van der Waals surface area contributed by atoms with Crippen molar-refractivity contribution in [2.24, 2.45) is 0 Å². The molecule has 1 heterocycles. The fraction of sp³-hybridized carbons (Fsp3) is 0.0667. The Kier molecular flexibility index (Phi) is 7.92. The molecular formula is C30H18Cl2I2OZr. The number of rotatable bonds is 3. The Morgan fingerprint density at radius 2 is 1.33 bits per heavy atom. The Morgan fingerprint density at radius 1 is 0.639 bits per heavy atom. The fourth-order valence-corrected chi connectivity index (χ4v) is 11.3. The maximum absolute atomic E-state index is 6.33. The van der Waals surface area contributed by atoms with E-state index in [1.54, 1.807) is 6.56 Å². The summed E-state index contributed by atoms with van der Waals surface area (Å²) < 4.78 is 12.3. The first-order valence-corrected chi connectivity index (χ1v) is 15.9. The van der Waals surface area contributed by atoms with Crippen molar-refractivity contribution in [3.8, 4) is 11.5 Å². The van der Waals surface area contributed by atoms with Crippen molar-refractivity contribution in [3.05, 3.63) is 132 Å². The molecule has 0 spiro atoms. The van der Waals surface area contributed by atoms with Crippen molar-refractivity contribution in [1.29, 1.82) is 0 Å². The third-order valence-corrected chi connectivity index (χ3v) is 12.4. The second-order valence-corrected chi connectivity index (χ2v) is 14.7. The van der Waals surface area contributed by atoms with Crippen LogP contribution >= 0.6 is 45.2 Å². The van der Waals surface area contributed by atoms with Crippen LogP contribution in [0.5, 0.6) is 11.5 Å². The fourth-order valence-electron chi connectivity index (χ4n) is 5.51. The van der Waals surface area contributed by atoms with Crippen molar-refractivity contribution in [2.45, 2.75) is 11.8 Å². The van der Waals surface area contributed by atoms with Gasteiger partial charge in [-0.05, 0) is 0 Å². The molecule has 4 aromatic carbocycles. The molecule has 1 aliphatic heterocycles. The van der Waals surface area contributed by atoms with E-state index in [0.29, 0.717) is 11.8 Å². The van der Waals surface area contributed by atoms with Gasteiger partial charge in [0.1, 0.15) is 0 Å². The van der Waals surface area contributed by atoms with Gasteiger partial charge in [0.25, 0.3) is 0 Å². The Balaban J connectivity index is 0.00000133. The van der Waals surface area contributed by atoms with Gasteiger partial charge in [-0.25, -0.2) is 0 Å². The summed E-state index contributed by atoms with van der Waals surface area (Å²) in [4.78, 5) is 0. The minimum atomic E-state index is -1.08. The van der Waals surface area contributed by atoms with Crippen molar-refractivity contribution in [2.75, 3.05) is 0 Å². The van der Waals surface area contributed by atoms with E-state index >= 15 is 0 Å². The molecule has 4 aromatic rings. The Labute approximate surface area is 262 Å². The molecule has 0 fully saturated rings. The standard InChI is InChI=1S/C15H8IO.C15H10I.2ClH.Zr/c16-13-6-7-14-12-5-4-11(15(12)13)9-2-1-3-10(8-9)17-14;16-14-8-4-7-12-9-10-13(15(12)14)11-5-2-1-3-6-11;;;/h1-3,5-8,11H;1-9,13H;2*1H;/q;;;;+2/p-2. The summed E-state index contributed by atoms with van der Waals surface area (Å²) >= 11 is 3.96. The Hall–Kier alpha value is -0.917. The van der Waals surface area contributed by atoms with Crippen LogP contribution in [-0.2, 0) is 23.2 Å². The van der Waals surface area contributed by atoms with Crippen molar-refractivity contribution in [1.82, 2.24) is 0 Å². The molecule has 0 amide bonds. The van der Waals surface area contributed by atoms with Gasteiger partial charge in [0.15, 0.2) is 0 Å². The second-order valence-electron chi connectivity index (χ2n) is 8.89. The summed E-state index contributed by atoms with van der Waals surface area (Å²) in [6.07, 6.45) is 5.00. The predicted molar refractivity (Wildman–Crippen MR) is 151 cm³/mol. The van der Waals surface area contributed by atoms with Gasteiger partial charge in [-0.15, -0.1) is 0 Å². The predicted octanol–water partition coefficient (Wildman–Crippen LogP) is 2.77. The number of benzene rings is 4. The summed E-state index contributed by atoms with van der Waals surface area (Å²) in [6, 6.07) is 30.9. The van der Waals surface area contributed by atoms with E-state index in [0.717, 1.165) is 11.5 Å². The van der Waals surface area contributed by atoms with Gasteiger partial charge < -0.3 is 24.8 Å². The number of allylic oxidation sites excluding steroid dienone is 2. The second kappa shape index (κ2) is 10.7. The molecule has 6 heteroatoms.